The molecule has 0 aromatic rings. The topological polar surface area (TPSA) is 119 Å². The van der Waals surface area contributed by atoms with Crippen molar-refractivity contribution in [1.82, 2.24) is 15.5 Å². The minimum absolute atomic E-state index is 0.0430. The van der Waals surface area contributed by atoms with Crippen molar-refractivity contribution in [3.05, 3.63) is 0 Å². The van der Waals surface area contributed by atoms with Crippen molar-refractivity contribution in [1.29, 1.82) is 0 Å². The van der Waals surface area contributed by atoms with Crippen LogP contribution in [0.1, 0.15) is 25.7 Å². The number of piperidine rings is 3. The molecule has 3 heterocycles. The van der Waals surface area contributed by atoms with Gasteiger partial charge in [-0.15, -0.1) is 0 Å². The molecule has 21 heavy (non-hydrogen) atoms. The predicted molar refractivity (Wildman–Crippen MR) is 72.9 cm³/mol. The van der Waals surface area contributed by atoms with Gasteiger partial charge in [-0.2, -0.15) is 0 Å². The minimum atomic E-state index is -1.22. The quantitative estimate of drug-likeness (QED) is 0.534. The Labute approximate surface area is 122 Å². The second-order valence-corrected chi connectivity index (χ2v) is 5.69. The molecule has 8 nitrogen and oxygen atoms in total. The molecule has 3 rings (SSSR count). The van der Waals surface area contributed by atoms with E-state index in [0.717, 1.165) is 32.5 Å². The first kappa shape index (κ1) is 15.6. The Morgan fingerprint density at radius 1 is 1.19 bits per heavy atom. The van der Waals surface area contributed by atoms with Gasteiger partial charge < -0.3 is 25.7 Å². The van der Waals surface area contributed by atoms with Crippen LogP contribution in [0.5, 0.6) is 0 Å². The van der Waals surface area contributed by atoms with Gasteiger partial charge in [0.1, 0.15) is 6.04 Å². The zero-order chi connectivity index (χ0) is 15.4. The lowest BCUT2D eigenvalue weighted by atomic mass is 9.84. The van der Waals surface area contributed by atoms with Gasteiger partial charge in [0.15, 0.2) is 0 Å². The molecule has 2 atom stereocenters. The van der Waals surface area contributed by atoms with E-state index >= 15 is 0 Å². The highest BCUT2D eigenvalue weighted by molar-refractivity contribution is 5.83. The van der Waals surface area contributed by atoms with Gasteiger partial charge in [-0.1, -0.05) is 0 Å². The average molecular weight is 299 g/mol. The number of rotatable bonds is 6. The lowest BCUT2D eigenvalue weighted by Gasteiger charge is -2.44. The average Bonchev–Trinajstić information content (AvgIpc) is 2.44. The summed E-state index contributed by atoms with van der Waals surface area (Å²) >= 11 is 0. The zero-order valence-electron chi connectivity index (χ0n) is 11.7. The fourth-order valence-electron chi connectivity index (χ4n) is 3.02. The molecule has 4 N–H and O–H groups in total. The van der Waals surface area contributed by atoms with Crippen molar-refractivity contribution in [2.24, 2.45) is 5.92 Å². The Balaban J connectivity index is 1.81. The van der Waals surface area contributed by atoms with E-state index in [2.05, 4.69) is 15.5 Å². The van der Waals surface area contributed by atoms with Crippen molar-refractivity contribution in [2.75, 3.05) is 19.6 Å². The number of nitrogens with one attached hydrogen (secondary N) is 2. The van der Waals surface area contributed by atoms with Crippen molar-refractivity contribution in [3.8, 4) is 0 Å². The van der Waals surface area contributed by atoms with E-state index in [-0.39, 0.29) is 18.9 Å². The van der Waals surface area contributed by atoms with Gasteiger partial charge in [-0.3, -0.25) is 4.79 Å². The molecule has 0 radical (unpaired) electrons. The van der Waals surface area contributed by atoms with Gasteiger partial charge in [0.25, 0.3) is 0 Å². The summed E-state index contributed by atoms with van der Waals surface area (Å²) in [6.07, 6.45) is 1.67. The fraction of sp³-hybridized carbons (Fsp3) is 0.769. The normalized spacial score (nSPS) is 28.7. The van der Waals surface area contributed by atoms with E-state index < -0.39 is 24.0 Å². The molecule has 2 amide bonds. The van der Waals surface area contributed by atoms with Crippen LogP contribution >= 0.6 is 0 Å². The predicted octanol–water partition coefficient (Wildman–Crippen LogP) is -0.302. The van der Waals surface area contributed by atoms with Crippen LogP contribution in [0.25, 0.3) is 0 Å². The Bertz CT molecular complexity index is 420. The number of carbonyl (C=O) groups is 3. The number of hydrogen-bond acceptors (Lipinski definition) is 4. The molecular weight excluding hydrogens is 278 g/mol. The van der Waals surface area contributed by atoms with Crippen molar-refractivity contribution >= 4 is 18.0 Å². The van der Waals surface area contributed by atoms with E-state index in [1.807, 2.05) is 0 Å². The standard InChI is InChI=1S/C13H21N3O5/c17-11(18)2-1-9(12(19)20)14-13(21)15-10-7-16-5-3-8(10)4-6-16/h8-10H,1-7H2,(H,17,18)(H,19,20)(H2,14,15,21). The smallest absolute Gasteiger partial charge is 0.326 e. The summed E-state index contributed by atoms with van der Waals surface area (Å²) in [5, 5.41) is 22.8. The second-order valence-electron chi connectivity index (χ2n) is 5.69. The number of fused-ring (bicyclic) bond motifs is 3. The lowest BCUT2D eigenvalue weighted by molar-refractivity contribution is -0.140. The van der Waals surface area contributed by atoms with Gasteiger partial charge in [0.05, 0.1) is 0 Å². The fourth-order valence-corrected chi connectivity index (χ4v) is 3.02. The summed E-state index contributed by atoms with van der Waals surface area (Å²) in [6.45, 7) is 2.91. The molecule has 2 bridgehead atoms. The summed E-state index contributed by atoms with van der Waals surface area (Å²) < 4.78 is 0. The summed E-state index contributed by atoms with van der Waals surface area (Å²) in [4.78, 5) is 35.7. The maximum absolute atomic E-state index is 11.9. The van der Waals surface area contributed by atoms with Gasteiger partial charge in [-0.25, -0.2) is 9.59 Å². The number of carboxylic acids is 2. The first-order valence-corrected chi connectivity index (χ1v) is 7.19. The van der Waals surface area contributed by atoms with Crippen LogP contribution in [0, 0.1) is 5.92 Å². The molecule has 3 aliphatic rings. The van der Waals surface area contributed by atoms with Crippen molar-refractivity contribution < 1.29 is 24.6 Å². The number of urea groups is 1. The third-order valence-corrected chi connectivity index (χ3v) is 4.22. The monoisotopic (exact) mass is 299 g/mol. The minimum Gasteiger partial charge on any atom is -0.481 e. The molecular formula is C13H21N3O5. The Hall–Kier alpha value is -1.83. The van der Waals surface area contributed by atoms with Crippen LogP contribution in [0.3, 0.4) is 0 Å². The Morgan fingerprint density at radius 2 is 1.86 bits per heavy atom. The molecule has 0 spiro atoms. The van der Waals surface area contributed by atoms with E-state index in [9.17, 15) is 14.4 Å². The number of nitrogens with zero attached hydrogens (tertiary/aromatic N) is 1. The van der Waals surface area contributed by atoms with Crippen LogP contribution in [0.2, 0.25) is 0 Å². The van der Waals surface area contributed by atoms with Crippen LogP contribution < -0.4 is 10.6 Å². The maximum Gasteiger partial charge on any atom is 0.326 e. The lowest BCUT2D eigenvalue weighted by Crippen LogP contribution is -2.59. The zero-order valence-corrected chi connectivity index (χ0v) is 11.7. The molecule has 0 saturated carbocycles. The number of carboxylic acid groups (broad SMARTS) is 2. The Morgan fingerprint density at radius 3 is 2.33 bits per heavy atom. The largest absolute Gasteiger partial charge is 0.481 e. The van der Waals surface area contributed by atoms with Crippen LogP contribution in [-0.2, 0) is 9.59 Å². The summed E-state index contributed by atoms with van der Waals surface area (Å²) in [7, 11) is 0. The maximum atomic E-state index is 11.9. The highest BCUT2D eigenvalue weighted by atomic mass is 16.4. The molecule has 8 heteroatoms. The SMILES string of the molecule is O=C(O)CCC(NC(=O)NC1CN2CCC1CC2)C(=O)O. The summed E-state index contributed by atoms with van der Waals surface area (Å²) in [5.74, 6) is -1.86. The molecule has 0 aromatic heterocycles. The van der Waals surface area contributed by atoms with Gasteiger partial charge in [-0.05, 0) is 38.3 Å². The van der Waals surface area contributed by atoms with E-state index in [4.69, 9.17) is 10.2 Å². The van der Waals surface area contributed by atoms with Gasteiger partial charge >= 0.3 is 18.0 Å². The molecule has 0 aliphatic carbocycles. The van der Waals surface area contributed by atoms with E-state index in [0.29, 0.717) is 5.92 Å². The molecule has 0 aromatic carbocycles. The van der Waals surface area contributed by atoms with Crippen LogP contribution in [0.15, 0.2) is 0 Å². The van der Waals surface area contributed by atoms with Gasteiger partial charge in [0, 0.05) is 19.0 Å². The third kappa shape index (κ3) is 4.32. The Kier molecular flexibility index (Phi) is 5.00. The molecule has 3 saturated heterocycles. The molecule has 3 fully saturated rings. The summed E-state index contributed by atoms with van der Waals surface area (Å²) in [6, 6.07) is -1.67. The molecule has 3 aliphatic heterocycles. The third-order valence-electron chi connectivity index (χ3n) is 4.22. The highest BCUT2D eigenvalue weighted by Gasteiger charge is 2.35. The highest BCUT2D eigenvalue weighted by Crippen LogP contribution is 2.27. The van der Waals surface area contributed by atoms with Crippen LogP contribution in [0.4, 0.5) is 4.79 Å². The first-order chi connectivity index (χ1) is 9.95. The van der Waals surface area contributed by atoms with E-state index in [1.54, 1.807) is 0 Å². The van der Waals surface area contributed by atoms with E-state index in [1.165, 1.54) is 0 Å². The molecule has 118 valence electrons. The van der Waals surface area contributed by atoms with Crippen molar-refractivity contribution in [3.63, 3.8) is 0 Å². The first-order valence-electron chi connectivity index (χ1n) is 7.19. The van der Waals surface area contributed by atoms with Crippen LogP contribution in [-0.4, -0.2) is 64.8 Å². The van der Waals surface area contributed by atoms with Crippen molar-refractivity contribution in [2.45, 2.75) is 37.8 Å². The number of hydrogen-bond donors (Lipinski definition) is 4. The van der Waals surface area contributed by atoms with Gasteiger partial charge in [0.2, 0.25) is 0 Å². The number of amides is 2. The molecule has 2 unspecified atom stereocenters. The number of carbonyl (C=O) groups excluding carboxylic acids is 1. The summed E-state index contributed by atoms with van der Waals surface area (Å²) in [5.41, 5.74) is 0. The number of aliphatic carboxylic acids is 2. The second kappa shape index (κ2) is 6.75.